The molecule has 1 unspecified atom stereocenters. The maximum absolute atomic E-state index is 10.0. The number of ether oxygens (including phenoxy) is 3. The lowest BCUT2D eigenvalue weighted by molar-refractivity contribution is 0.174. The first-order chi connectivity index (χ1) is 11.7. The van der Waals surface area contributed by atoms with E-state index in [1.54, 1.807) is 13.2 Å². The summed E-state index contributed by atoms with van der Waals surface area (Å²) in [4.78, 5) is 2.29. The van der Waals surface area contributed by atoms with Crippen LogP contribution in [0.2, 0.25) is 0 Å². The second-order valence-electron chi connectivity index (χ2n) is 6.25. The van der Waals surface area contributed by atoms with Crippen molar-refractivity contribution in [1.82, 2.24) is 4.90 Å². The third-order valence-corrected chi connectivity index (χ3v) is 5.00. The number of rotatable bonds is 1. The molecule has 3 heterocycles. The predicted molar refractivity (Wildman–Crippen MR) is 88.6 cm³/mol. The minimum atomic E-state index is 0.157. The number of fused-ring (bicyclic) bond motifs is 5. The summed E-state index contributed by atoms with van der Waals surface area (Å²) in [7, 11) is 1.58. The van der Waals surface area contributed by atoms with E-state index >= 15 is 0 Å². The fraction of sp³-hybridized carbons (Fsp3) is 0.263. The summed E-state index contributed by atoms with van der Waals surface area (Å²) in [6.07, 6.45) is 5.26. The second kappa shape index (κ2) is 4.84. The van der Waals surface area contributed by atoms with Gasteiger partial charge in [-0.2, -0.15) is 0 Å². The number of aromatic hydroxyl groups is 1. The van der Waals surface area contributed by atoms with Gasteiger partial charge in [0.05, 0.1) is 13.2 Å². The monoisotopic (exact) mass is 323 g/mol. The Morgan fingerprint density at radius 1 is 1.21 bits per heavy atom. The highest BCUT2D eigenvalue weighted by atomic mass is 16.7. The van der Waals surface area contributed by atoms with Crippen molar-refractivity contribution in [3.8, 4) is 23.0 Å². The molecule has 2 aromatic carbocycles. The van der Waals surface area contributed by atoms with E-state index in [1.165, 1.54) is 11.1 Å². The Morgan fingerprint density at radius 3 is 2.88 bits per heavy atom. The molecule has 1 N–H and O–H groups in total. The maximum atomic E-state index is 10.0. The van der Waals surface area contributed by atoms with Crippen LogP contribution in [0.5, 0.6) is 23.0 Å². The summed E-state index contributed by atoms with van der Waals surface area (Å²) in [6.45, 7) is 1.20. The van der Waals surface area contributed by atoms with Crippen LogP contribution < -0.4 is 24.6 Å². The number of methoxy groups -OCH3 is 1. The van der Waals surface area contributed by atoms with Gasteiger partial charge in [-0.3, -0.25) is 0 Å². The molecular weight excluding hydrogens is 306 g/mol. The van der Waals surface area contributed by atoms with E-state index in [1.807, 2.05) is 6.07 Å². The van der Waals surface area contributed by atoms with Gasteiger partial charge in [0.1, 0.15) is 0 Å². The molecule has 3 aliphatic rings. The van der Waals surface area contributed by atoms with E-state index in [2.05, 4.69) is 29.3 Å². The first-order valence-corrected chi connectivity index (χ1v) is 8.02. The van der Waals surface area contributed by atoms with Gasteiger partial charge in [0, 0.05) is 18.0 Å². The van der Waals surface area contributed by atoms with Gasteiger partial charge < -0.3 is 24.2 Å². The van der Waals surface area contributed by atoms with Crippen LogP contribution in [0.4, 0.5) is 0 Å². The highest BCUT2D eigenvalue weighted by Gasteiger charge is 2.29. The van der Waals surface area contributed by atoms with Crippen LogP contribution in [0.1, 0.15) is 17.2 Å². The minimum absolute atomic E-state index is 0.157. The first kappa shape index (κ1) is 13.6. The molecule has 5 rings (SSSR count). The molecule has 24 heavy (non-hydrogen) atoms. The molecule has 0 aliphatic carbocycles. The number of phenolic OH excluding ortho intramolecular Hbond substituents is 1. The van der Waals surface area contributed by atoms with E-state index in [9.17, 15) is 5.11 Å². The Morgan fingerprint density at radius 2 is 2.04 bits per heavy atom. The van der Waals surface area contributed by atoms with Crippen molar-refractivity contribution in [1.29, 1.82) is 0 Å². The molecule has 5 heteroatoms. The summed E-state index contributed by atoms with van der Waals surface area (Å²) in [5.41, 5.74) is 2.55. The van der Waals surface area contributed by atoms with Gasteiger partial charge in [0.2, 0.25) is 6.79 Å². The van der Waals surface area contributed by atoms with Crippen molar-refractivity contribution in [2.24, 2.45) is 0 Å². The number of hydrogen-bond donors (Lipinski definition) is 1. The molecule has 0 aromatic heterocycles. The Hall–Kier alpha value is -2.82. The Kier molecular flexibility index (Phi) is 2.74. The molecule has 2 aromatic rings. The van der Waals surface area contributed by atoms with Crippen LogP contribution in [-0.4, -0.2) is 30.5 Å². The summed E-state index contributed by atoms with van der Waals surface area (Å²) < 4.78 is 16.4. The van der Waals surface area contributed by atoms with Crippen LogP contribution in [0.15, 0.2) is 24.3 Å². The summed E-state index contributed by atoms with van der Waals surface area (Å²) in [5, 5.41) is 12.0. The van der Waals surface area contributed by atoms with Crippen molar-refractivity contribution in [3.05, 3.63) is 45.8 Å². The third-order valence-electron chi connectivity index (χ3n) is 5.00. The molecule has 5 nitrogen and oxygen atoms in total. The molecule has 0 saturated heterocycles. The standard InChI is InChI=1S/C19H17NO4/c1-22-19-14-9-20-5-4-12-7-17-18(24-10-23-17)8-13(12)15(20)6-11(14)2-3-16(19)21/h2-3,6-9,15,21H,4-5,10H2,1H3. The predicted octanol–water partition coefficient (Wildman–Crippen LogP) is 1.26. The highest BCUT2D eigenvalue weighted by Crippen LogP contribution is 2.41. The van der Waals surface area contributed by atoms with E-state index < -0.39 is 0 Å². The lowest BCUT2D eigenvalue weighted by Crippen LogP contribution is -2.41. The van der Waals surface area contributed by atoms with Gasteiger partial charge in [0.25, 0.3) is 0 Å². The van der Waals surface area contributed by atoms with Gasteiger partial charge in [0.15, 0.2) is 23.0 Å². The van der Waals surface area contributed by atoms with E-state index in [0.29, 0.717) is 12.5 Å². The number of hydrogen-bond acceptors (Lipinski definition) is 5. The number of benzene rings is 2. The van der Waals surface area contributed by atoms with Crippen molar-refractivity contribution in [2.45, 2.75) is 12.5 Å². The molecule has 0 amide bonds. The van der Waals surface area contributed by atoms with Crippen molar-refractivity contribution < 1.29 is 19.3 Å². The fourth-order valence-electron chi connectivity index (χ4n) is 3.82. The topological polar surface area (TPSA) is 51.2 Å². The first-order valence-electron chi connectivity index (χ1n) is 8.02. The zero-order valence-corrected chi connectivity index (χ0v) is 13.3. The van der Waals surface area contributed by atoms with Crippen molar-refractivity contribution in [3.63, 3.8) is 0 Å². The second-order valence-corrected chi connectivity index (χ2v) is 6.25. The molecule has 3 aliphatic heterocycles. The minimum Gasteiger partial charge on any atom is -0.504 e. The van der Waals surface area contributed by atoms with Gasteiger partial charge in [-0.15, -0.1) is 0 Å². The zero-order chi connectivity index (χ0) is 16.3. The Labute approximate surface area is 139 Å². The lowest BCUT2D eigenvalue weighted by Gasteiger charge is -2.37. The van der Waals surface area contributed by atoms with Gasteiger partial charge in [-0.25, -0.2) is 0 Å². The summed E-state index contributed by atoms with van der Waals surface area (Å²) in [5.74, 6) is 2.35. The fourth-order valence-corrected chi connectivity index (χ4v) is 3.82. The molecule has 1 atom stereocenters. The van der Waals surface area contributed by atoms with Gasteiger partial charge in [-0.1, -0.05) is 6.07 Å². The van der Waals surface area contributed by atoms with Gasteiger partial charge >= 0.3 is 0 Å². The molecule has 0 fully saturated rings. The molecule has 0 bridgehead atoms. The van der Waals surface area contributed by atoms with E-state index in [0.717, 1.165) is 34.9 Å². The lowest BCUT2D eigenvalue weighted by atomic mass is 9.90. The normalized spacial score (nSPS) is 19.5. The Balaban J connectivity index is 1.70. The highest BCUT2D eigenvalue weighted by molar-refractivity contribution is 5.59. The average molecular weight is 323 g/mol. The smallest absolute Gasteiger partial charge is 0.231 e. The van der Waals surface area contributed by atoms with E-state index in [-0.39, 0.29) is 11.8 Å². The number of phenols is 1. The molecule has 0 saturated carbocycles. The molecule has 0 spiro atoms. The third kappa shape index (κ3) is 1.81. The summed E-state index contributed by atoms with van der Waals surface area (Å²) >= 11 is 0. The van der Waals surface area contributed by atoms with Crippen LogP contribution >= 0.6 is 0 Å². The van der Waals surface area contributed by atoms with Gasteiger partial charge in [-0.05, 0) is 47.0 Å². The van der Waals surface area contributed by atoms with Crippen LogP contribution in [0.3, 0.4) is 0 Å². The largest absolute Gasteiger partial charge is 0.504 e. The quantitative estimate of drug-likeness (QED) is 0.856. The molecule has 122 valence electrons. The van der Waals surface area contributed by atoms with Crippen molar-refractivity contribution >= 4 is 12.3 Å². The average Bonchev–Trinajstić information content (AvgIpc) is 3.05. The molecular formula is C19H17NO4. The zero-order valence-electron chi connectivity index (χ0n) is 13.3. The molecule has 0 radical (unpaired) electrons. The Bertz CT molecular complexity index is 966. The van der Waals surface area contributed by atoms with Crippen LogP contribution in [0.25, 0.3) is 12.3 Å². The SMILES string of the molecule is COc1c(O)ccc2c1=CN1CCc3cc4c(cc3C1C=2)OCO4. The maximum Gasteiger partial charge on any atom is 0.231 e. The van der Waals surface area contributed by atoms with Crippen molar-refractivity contribution in [2.75, 3.05) is 20.4 Å². The van der Waals surface area contributed by atoms with E-state index in [4.69, 9.17) is 14.2 Å². The van der Waals surface area contributed by atoms with Crippen LogP contribution in [0, 0.1) is 0 Å². The summed E-state index contributed by atoms with van der Waals surface area (Å²) in [6, 6.07) is 7.98. The van der Waals surface area contributed by atoms with Crippen LogP contribution in [-0.2, 0) is 6.42 Å². The number of nitrogens with zero attached hydrogens (tertiary/aromatic N) is 1.